The van der Waals surface area contributed by atoms with E-state index in [0.29, 0.717) is 0 Å². The van der Waals surface area contributed by atoms with Gasteiger partial charge in [-0.3, -0.25) is 0 Å². The van der Waals surface area contributed by atoms with Crippen LogP contribution in [-0.4, -0.2) is 6.61 Å². The van der Waals surface area contributed by atoms with Gasteiger partial charge in [0.15, 0.2) is 29.4 Å². The minimum absolute atomic E-state index is 0.0938. The molecule has 0 spiro atoms. The molecule has 286 valence electrons. The van der Waals surface area contributed by atoms with Gasteiger partial charge >= 0.3 is 6.18 Å². The Balaban J connectivity index is 0.000000222. The zero-order chi connectivity index (χ0) is 38.6. The van der Waals surface area contributed by atoms with Crippen molar-refractivity contribution in [2.45, 2.75) is 107 Å². The first kappa shape index (κ1) is 41.8. The summed E-state index contributed by atoms with van der Waals surface area (Å²) in [5, 5.41) is 0. The lowest BCUT2D eigenvalue weighted by atomic mass is 10.1. The number of alkyl halides is 3. The highest BCUT2D eigenvalue weighted by Crippen LogP contribution is 2.35. The zero-order valence-electron chi connectivity index (χ0n) is 31.8. The van der Waals surface area contributed by atoms with Crippen molar-refractivity contribution < 1.29 is 17.9 Å². The largest absolute Gasteiger partial charge is 0.494 e. The molecule has 0 aliphatic rings. The fourth-order valence-electron chi connectivity index (χ4n) is 6.27. The molecule has 0 fully saturated rings. The van der Waals surface area contributed by atoms with E-state index < -0.39 is 22.6 Å². The minimum atomic E-state index is -4.31. The molecular weight excluding hydrogens is 726 g/mol. The Labute approximate surface area is 332 Å². The van der Waals surface area contributed by atoms with E-state index in [2.05, 4.69) is 91.9 Å². The van der Waals surface area contributed by atoms with Gasteiger partial charge in [0, 0.05) is 0 Å². The highest BCUT2D eigenvalue weighted by atomic mass is 32.2. The van der Waals surface area contributed by atoms with Crippen LogP contribution >= 0.6 is 0 Å². The SMILES string of the molecule is CCCCCCCCCCCCOc1ccc([S+](c2ccccc2)c2ccccc2)cc1.FC(F)(F)c1ccc([S+](c2ccccc2)c2ccccc2)cc1. The predicted molar refractivity (Wildman–Crippen MR) is 225 cm³/mol. The minimum Gasteiger partial charge on any atom is -0.494 e. The molecule has 0 unspecified atom stereocenters. The van der Waals surface area contributed by atoms with Crippen LogP contribution in [0, 0.1) is 0 Å². The average Bonchev–Trinajstić information content (AvgIpc) is 3.22. The monoisotopic (exact) mass is 778 g/mol. The normalized spacial score (nSPS) is 11.3. The number of halogens is 3. The highest BCUT2D eigenvalue weighted by Gasteiger charge is 2.33. The summed E-state index contributed by atoms with van der Waals surface area (Å²) in [6.07, 6.45) is 9.22. The molecule has 0 aromatic heterocycles. The second-order valence-corrected chi connectivity index (χ2v) is 17.4. The fourth-order valence-corrected chi connectivity index (χ4v) is 10.4. The van der Waals surface area contributed by atoms with Gasteiger partial charge < -0.3 is 4.74 Å². The maximum Gasteiger partial charge on any atom is 0.416 e. The van der Waals surface area contributed by atoms with Crippen LogP contribution in [0.4, 0.5) is 13.2 Å². The van der Waals surface area contributed by atoms with E-state index in [1.807, 2.05) is 60.7 Å². The summed E-state index contributed by atoms with van der Waals surface area (Å²) >= 11 is 0. The van der Waals surface area contributed by atoms with Crippen LogP contribution in [0.25, 0.3) is 0 Å². The Morgan fingerprint density at radius 3 is 1.04 bits per heavy atom. The quantitative estimate of drug-likeness (QED) is 0.0624. The Bertz CT molecular complexity index is 1810. The van der Waals surface area contributed by atoms with Gasteiger partial charge in [-0.05, 0) is 103 Å². The molecule has 0 saturated heterocycles. The smallest absolute Gasteiger partial charge is 0.416 e. The topological polar surface area (TPSA) is 9.23 Å². The number of hydrogen-bond acceptors (Lipinski definition) is 1. The molecule has 6 aromatic carbocycles. The van der Waals surface area contributed by atoms with Crippen LogP contribution in [0.2, 0.25) is 0 Å². The van der Waals surface area contributed by atoms with Crippen molar-refractivity contribution in [2.75, 3.05) is 6.61 Å². The van der Waals surface area contributed by atoms with Crippen molar-refractivity contribution in [1.29, 1.82) is 0 Å². The standard InChI is InChI=1S/C30H39OS.C19H14F3S/c1-2-3-4-5-6-7-8-9-10-17-26-31-27-22-24-30(25-23-27)32(28-18-13-11-14-19-28)29-20-15-12-16-21-29;20-19(21,22)15-11-13-18(14-12-15)23(16-7-3-1-4-8-16)17-9-5-2-6-10-17/h11-16,18-25H,2-10,17,26H2,1H3;1-14H/q2*+1. The Hall–Kier alpha value is -4.39. The first-order valence-corrected chi connectivity index (χ1v) is 22.0. The second kappa shape index (κ2) is 22.9. The van der Waals surface area contributed by atoms with Crippen molar-refractivity contribution in [3.05, 3.63) is 175 Å². The van der Waals surface area contributed by atoms with Gasteiger partial charge in [0.25, 0.3) is 0 Å². The third-order valence-corrected chi connectivity index (χ3v) is 13.6. The van der Waals surface area contributed by atoms with Gasteiger partial charge in [-0.1, -0.05) is 138 Å². The number of unbranched alkanes of at least 4 members (excludes halogenated alkanes) is 9. The second-order valence-electron chi connectivity index (χ2n) is 13.4. The van der Waals surface area contributed by atoms with Gasteiger partial charge in [-0.15, -0.1) is 0 Å². The lowest BCUT2D eigenvalue weighted by Crippen LogP contribution is -2.07. The lowest BCUT2D eigenvalue weighted by molar-refractivity contribution is -0.137. The summed E-state index contributed by atoms with van der Waals surface area (Å²) in [7, 11) is -0.511. The number of hydrogen-bond donors (Lipinski definition) is 0. The van der Waals surface area contributed by atoms with Crippen LogP contribution in [-0.2, 0) is 28.0 Å². The molecule has 0 amide bonds. The molecular formula is C49H53F3OS2+2. The van der Waals surface area contributed by atoms with Crippen LogP contribution in [0.1, 0.15) is 76.7 Å². The molecule has 6 heteroatoms. The Morgan fingerprint density at radius 1 is 0.382 bits per heavy atom. The van der Waals surface area contributed by atoms with Gasteiger partial charge in [-0.2, -0.15) is 13.2 Å². The maximum absolute atomic E-state index is 12.8. The van der Waals surface area contributed by atoms with Gasteiger partial charge in [0.05, 0.1) is 34.0 Å². The zero-order valence-corrected chi connectivity index (χ0v) is 33.4. The molecule has 0 aliphatic heterocycles. The van der Waals surface area contributed by atoms with E-state index in [4.69, 9.17) is 4.74 Å². The third kappa shape index (κ3) is 13.7. The highest BCUT2D eigenvalue weighted by molar-refractivity contribution is 7.97. The first-order chi connectivity index (χ1) is 26.9. The number of ether oxygens (including phenoxy) is 1. The molecule has 0 aliphatic carbocycles. The fraction of sp³-hybridized carbons (Fsp3) is 0.265. The van der Waals surface area contributed by atoms with Gasteiger partial charge in [0.2, 0.25) is 0 Å². The van der Waals surface area contributed by atoms with E-state index in [0.717, 1.165) is 45.6 Å². The van der Waals surface area contributed by atoms with Crippen LogP contribution in [0.5, 0.6) is 5.75 Å². The lowest BCUT2D eigenvalue weighted by Gasteiger charge is -2.10. The molecule has 6 rings (SSSR count). The summed E-state index contributed by atoms with van der Waals surface area (Å²) in [4.78, 5) is 7.05. The van der Waals surface area contributed by atoms with Crippen molar-refractivity contribution >= 4 is 21.8 Å². The summed E-state index contributed by atoms with van der Waals surface area (Å²) in [6.45, 7) is 3.10. The van der Waals surface area contributed by atoms with E-state index in [-0.39, 0.29) is 10.9 Å². The molecule has 6 aromatic rings. The summed E-state index contributed by atoms with van der Waals surface area (Å²) in [5.41, 5.74) is -0.620. The predicted octanol–water partition coefficient (Wildman–Crippen LogP) is 14.9. The van der Waals surface area contributed by atoms with E-state index >= 15 is 0 Å². The van der Waals surface area contributed by atoms with Crippen molar-refractivity contribution in [3.8, 4) is 5.75 Å². The number of benzene rings is 6. The summed E-state index contributed by atoms with van der Waals surface area (Å²) < 4.78 is 44.3. The van der Waals surface area contributed by atoms with E-state index in [9.17, 15) is 13.2 Å². The van der Waals surface area contributed by atoms with Crippen LogP contribution < -0.4 is 4.74 Å². The molecule has 55 heavy (non-hydrogen) atoms. The Kier molecular flexibility index (Phi) is 17.4. The summed E-state index contributed by atoms with van der Waals surface area (Å²) in [6, 6.07) is 55.5. The average molecular weight is 779 g/mol. The number of rotatable bonds is 18. The van der Waals surface area contributed by atoms with Gasteiger partial charge in [-0.25, -0.2) is 0 Å². The van der Waals surface area contributed by atoms with E-state index in [1.54, 1.807) is 12.1 Å². The molecule has 1 nitrogen and oxygen atoms in total. The first-order valence-electron chi connectivity index (χ1n) is 19.5. The van der Waals surface area contributed by atoms with E-state index in [1.165, 1.54) is 72.5 Å². The molecule has 0 bridgehead atoms. The van der Waals surface area contributed by atoms with Crippen LogP contribution in [0.15, 0.2) is 199 Å². The molecule has 0 N–H and O–H groups in total. The molecule has 0 radical (unpaired) electrons. The molecule has 0 heterocycles. The summed E-state index contributed by atoms with van der Waals surface area (Å²) in [5.74, 6) is 0.981. The molecule has 0 saturated carbocycles. The third-order valence-electron chi connectivity index (χ3n) is 9.16. The molecule has 0 atom stereocenters. The van der Waals surface area contributed by atoms with Crippen molar-refractivity contribution in [2.24, 2.45) is 0 Å². The van der Waals surface area contributed by atoms with Crippen LogP contribution in [0.3, 0.4) is 0 Å². The van der Waals surface area contributed by atoms with Crippen molar-refractivity contribution in [1.82, 2.24) is 0 Å². The van der Waals surface area contributed by atoms with Crippen molar-refractivity contribution in [3.63, 3.8) is 0 Å². The Morgan fingerprint density at radius 2 is 0.691 bits per heavy atom. The maximum atomic E-state index is 12.8. The van der Waals surface area contributed by atoms with Gasteiger partial charge in [0.1, 0.15) is 5.75 Å².